The summed E-state index contributed by atoms with van der Waals surface area (Å²) >= 11 is 0.809. The van der Waals surface area contributed by atoms with Gasteiger partial charge in [0.05, 0.1) is 10.5 Å². The third-order valence-corrected chi connectivity index (χ3v) is 6.12. The normalized spacial score (nSPS) is 12.5. The number of non-ortho nitro benzene ring substituents is 1. The molecule has 3 aromatic rings. The molecule has 2 heterocycles. The predicted molar refractivity (Wildman–Crippen MR) is 116 cm³/mol. The SMILES string of the molecule is COCc1nnc(Sc2ccc([N+](=O)[O-])cc2C(=O)Nc2ncc(C(F)(F)C(F)(F)C(F)(F)F)cc2F)n1C. The van der Waals surface area contributed by atoms with E-state index in [9.17, 15) is 50.0 Å². The number of halogens is 8. The van der Waals surface area contributed by atoms with Gasteiger partial charge in [-0.15, -0.1) is 10.2 Å². The summed E-state index contributed by atoms with van der Waals surface area (Å²) in [5, 5.41) is 21.0. The highest BCUT2D eigenvalue weighted by Crippen LogP contribution is 2.51. The summed E-state index contributed by atoms with van der Waals surface area (Å²) in [6.07, 6.45) is -6.83. The van der Waals surface area contributed by atoms with Gasteiger partial charge in [0.15, 0.2) is 22.6 Å². The van der Waals surface area contributed by atoms with E-state index >= 15 is 0 Å². The minimum absolute atomic E-state index is 0.0333. The highest BCUT2D eigenvalue weighted by atomic mass is 32.2. The number of carbonyl (C=O) groups excluding carboxylic acids is 1. The lowest BCUT2D eigenvalue weighted by atomic mass is 10.0. The molecule has 10 nitrogen and oxygen atoms in total. The van der Waals surface area contributed by atoms with Gasteiger partial charge in [-0.1, -0.05) is 0 Å². The van der Waals surface area contributed by atoms with E-state index in [1.54, 1.807) is 7.05 Å². The molecule has 19 heteroatoms. The van der Waals surface area contributed by atoms with Gasteiger partial charge in [-0.3, -0.25) is 14.9 Å². The molecular weight excluding hydrogens is 572 g/mol. The van der Waals surface area contributed by atoms with Gasteiger partial charge >= 0.3 is 18.0 Å². The van der Waals surface area contributed by atoms with Crippen LogP contribution < -0.4 is 5.32 Å². The number of benzene rings is 1. The molecule has 0 radical (unpaired) electrons. The zero-order valence-electron chi connectivity index (χ0n) is 19.4. The number of aromatic nitrogens is 4. The van der Waals surface area contributed by atoms with Gasteiger partial charge in [0.25, 0.3) is 11.6 Å². The Morgan fingerprint density at radius 2 is 1.82 bits per heavy atom. The van der Waals surface area contributed by atoms with E-state index in [1.165, 1.54) is 11.7 Å². The maximum atomic E-state index is 14.4. The van der Waals surface area contributed by atoms with Crippen molar-refractivity contribution in [2.45, 2.75) is 34.7 Å². The van der Waals surface area contributed by atoms with Crippen LogP contribution in [0.1, 0.15) is 21.7 Å². The minimum Gasteiger partial charge on any atom is -0.377 e. The van der Waals surface area contributed by atoms with Crippen molar-refractivity contribution in [1.82, 2.24) is 19.7 Å². The monoisotopic (exact) mass is 586 g/mol. The summed E-state index contributed by atoms with van der Waals surface area (Å²) in [5.41, 5.74) is -3.12. The van der Waals surface area contributed by atoms with Crippen molar-refractivity contribution >= 4 is 29.2 Å². The fraction of sp³-hybridized carbons (Fsp3) is 0.300. The minimum atomic E-state index is -6.66. The Labute approximate surface area is 216 Å². The number of carbonyl (C=O) groups is 1. The van der Waals surface area contributed by atoms with Crippen molar-refractivity contribution in [1.29, 1.82) is 0 Å². The van der Waals surface area contributed by atoms with Crippen LogP contribution in [-0.4, -0.2) is 49.8 Å². The molecule has 0 bridgehead atoms. The molecular formula is C20H14F8N6O4S. The lowest BCUT2D eigenvalue weighted by Gasteiger charge is -2.28. The summed E-state index contributed by atoms with van der Waals surface area (Å²) in [7, 11) is 2.96. The van der Waals surface area contributed by atoms with Crippen molar-refractivity contribution in [3.05, 3.63) is 63.3 Å². The highest BCUT2D eigenvalue weighted by Gasteiger charge is 2.73. The quantitative estimate of drug-likeness (QED) is 0.209. The third kappa shape index (κ3) is 5.77. The molecule has 0 atom stereocenters. The number of methoxy groups -OCH3 is 1. The van der Waals surface area contributed by atoms with Crippen molar-refractivity contribution in [2.75, 3.05) is 12.4 Å². The second-order valence-corrected chi connectivity index (χ2v) is 8.59. The molecule has 0 saturated heterocycles. The number of anilines is 1. The number of ether oxygens (including phenoxy) is 1. The van der Waals surface area contributed by atoms with E-state index in [0.29, 0.717) is 5.82 Å². The van der Waals surface area contributed by atoms with Gasteiger partial charge in [-0.2, -0.15) is 30.7 Å². The zero-order valence-corrected chi connectivity index (χ0v) is 20.2. The maximum Gasteiger partial charge on any atom is 0.460 e. The van der Waals surface area contributed by atoms with Crippen LogP contribution in [-0.2, 0) is 24.3 Å². The maximum absolute atomic E-state index is 14.4. The molecule has 210 valence electrons. The second-order valence-electron chi connectivity index (χ2n) is 7.59. The van der Waals surface area contributed by atoms with Crippen LogP contribution in [0.5, 0.6) is 0 Å². The fourth-order valence-corrected chi connectivity index (χ4v) is 3.84. The van der Waals surface area contributed by atoms with Crippen molar-refractivity contribution in [2.24, 2.45) is 7.05 Å². The molecule has 0 aliphatic heterocycles. The average molecular weight is 586 g/mol. The number of pyridine rings is 1. The van der Waals surface area contributed by atoms with Crippen molar-refractivity contribution in [3.8, 4) is 0 Å². The Kier molecular flexibility index (Phi) is 8.15. The average Bonchev–Trinajstić information content (AvgIpc) is 3.18. The lowest BCUT2D eigenvalue weighted by molar-refractivity contribution is -0.384. The largest absolute Gasteiger partial charge is 0.460 e. The number of nitrogens with one attached hydrogen (secondary N) is 1. The molecule has 0 spiro atoms. The van der Waals surface area contributed by atoms with Gasteiger partial charge in [-0.25, -0.2) is 9.37 Å². The van der Waals surface area contributed by atoms with Gasteiger partial charge in [-0.05, 0) is 23.9 Å². The van der Waals surface area contributed by atoms with Crippen LogP contribution in [0, 0.1) is 15.9 Å². The predicted octanol–water partition coefficient (Wildman–Crippen LogP) is 5.10. The summed E-state index contributed by atoms with van der Waals surface area (Å²) in [6, 6.07) is 2.66. The highest BCUT2D eigenvalue weighted by molar-refractivity contribution is 7.99. The molecule has 0 unspecified atom stereocenters. The van der Waals surface area contributed by atoms with Crippen LogP contribution >= 0.6 is 11.8 Å². The van der Waals surface area contributed by atoms with Crippen molar-refractivity contribution in [3.63, 3.8) is 0 Å². The number of nitro groups is 1. The molecule has 0 fully saturated rings. The van der Waals surface area contributed by atoms with Gasteiger partial charge in [0.2, 0.25) is 0 Å². The number of hydrogen-bond donors (Lipinski definition) is 1. The van der Waals surface area contributed by atoms with E-state index in [-0.39, 0.29) is 28.9 Å². The molecule has 1 N–H and O–H groups in total. The smallest absolute Gasteiger partial charge is 0.377 e. The Morgan fingerprint density at radius 3 is 2.38 bits per heavy atom. The first kappa shape index (κ1) is 29.7. The lowest BCUT2D eigenvalue weighted by Crippen LogP contribution is -2.50. The van der Waals surface area contributed by atoms with Gasteiger partial charge in [0, 0.05) is 42.9 Å². The first-order valence-corrected chi connectivity index (χ1v) is 11.0. The number of nitro benzene ring substituents is 1. The molecule has 1 amide bonds. The fourth-order valence-electron chi connectivity index (χ4n) is 2.92. The third-order valence-electron chi connectivity index (χ3n) is 5.00. The van der Waals surface area contributed by atoms with E-state index in [2.05, 4.69) is 15.2 Å². The van der Waals surface area contributed by atoms with E-state index in [1.807, 2.05) is 5.32 Å². The Bertz CT molecular complexity index is 1420. The van der Waals surface area contributed by atoms with Crippen LogP contribution in [0.2, 0.25) is 0 Å². The van der Waals surface area contributed by atoms with Gasteiger partial charge in [0.1, 0.15) is 6.61 Å². The number of hydrogen-bond acceptors (Lipinski definition) is 8. The van der Waals surface area contributed by atoms with Crippen molar-refractivity contribution < 1.29 is 49.6 Å². The number of alkyl halides is 7. The molecule has 0 aliphatic carbocycles. The van der Waals surface area contributed by atoms with E-state index < -0.39 is 57.3 Å². The Balaban J connectivity index is 1.95. The molecule has 0 aliphatic rings. The topological polar surface area (TPSA) is 125 Å². The van der Waals surface area contributed by atoms with E-state index in [4.69, 9.17) is 4.74 Å². The molecule has 0 saturated carbocycles. The summed E-state index contributed by atoms with van der Waals surface area (Å²) in [6.45, 7) is 0.0759. The molecule has 39 heavy (non-hydrogen) atoms. The molecule has 3 rings (SSSR count). The van der Waals surface area contributed by atoms with E-state index in [0.717, 1.165) is 30.0 Å². The molecule has 1 aromatic carbocycles. The first-order chi connectivity index (χ1) is 18.0. The van der Waals surface area contributed by atoms with Gasteiger partial charge < -0.3 is 14.6 Å². The molecule has 2 aromatic heterocycles. The van der Waals surface area contributed by atoms with Crippen LogP contribution in [0.25, 0.3) is 0 Å². The van der Waals surface area contributed by atoms with Crippen LogP contribution in [0.15, 0.2) is 40.5 Å². The Hall–Kier alpha value is -3.87. The standard InChI is InChI=1S/C20H14F8N6O4S/c1-33-14(8-38-2)31-32-17(33)39-13-4-3-10(34(36)37)6-11(13)16(35)30-15-12(21)5-9(7-29-15)18(22,23)19(24,25)20(26,27)28/h3-7H,8H2,1-2H3,(H,29,30,35). The summed E-state index contributed by atoms with van der Waals surface area (Å²) in [5.74, 6) is -16.3. The summed E-state index contributed by atoms with van der Waals surface area (Å²) in [4.78, 5) is 26.3. The Morgan fingerprint density at radius 1 is 1.15 bits per heavy atom. The summed E-state index contributed by atoms with van der Waals surface area (Å²) < 4.78 is 113. The van der Waals surface area contributed by atoms with Crippen LogP contribution in [0.3, 0.4) is 0 Å². The number of amides is 1. The number of nitrogens with zero attached hydrogens (tertiary/aromatic N) is 5. The number of rotatable bonds is 9. The zero-order chi connectivity index (χ0) is 29.3. The first-order valence-electron chi connectivity index (χ1n) is 10.1. The second kappa shape index (κ2) is 10.7. The van der Waals surface area contributed by atoms with Crippen LogP contribution in [0.4, 0.5) is 46.6 Å².